The van der Waals surface area contributed by atoms with Crippen molar-refractivity contribution in [2.45, 2.75) is 18.5 Å². The largest absolute Gasteiger partial charge is 0.490 e. The van der Waals surface area contributed by atoms with Crippen molar-refractivity contribution in [1.82, 2.24) is 14.9 Å². The number of carboxylic acids is 1. The van der Waals surface area contributed by atoms with Crippen molar-refractivity contribution in [2.24, 2.45) is 5.41 Å². The van der Waals surface area contributed by atoms with Crippen LogP contribution in [0.5, 0.6) is 0 Å². The first-order valence-corrected chi connectivity index (χ1v) is 9.28. The summed E-state index contributed by atoms with van der Waals surface area (Å²) >= 11 is 0. The molecule has 1 amide bonds. The SMILES string of the molecule is CN1CC[C@]2(CN(c3ncccn3)C[C@H]2c2ccccc2)C1=O.O=C(O)C(F)(F)F. The highest BCUT2D eigenvalue weighted by Gasteiger charge is 2.56. The lowest BCUT2D eigenvalue weighted by atomic mass is 9.73. The standard InChI is InChI=1S/C18H20N4O.C2HF3O2/c1-21-11-8-18(16(21)23)13-22(17-19-9-5-10-20-17)12-15(18)14-6-3-2-4-7-14;3-2(4,5)1(6)7/h2-7,9-10,15H,8,11-13H2,1H3;(H,6,7)/t15-,18+;/m0./s1. The number of benzene rings is 1. The van der Waals surface area contributed by atoms with Crippen LogP contribution >= 0.6 is 0 Å². The third-order valence-electron chi connectivity index (χ3n) is 5.49. The van der Waals surface area contributed by atoms with Gasteiger partial charge in [-0.05, 0) is 18.1 Å². The third kappa shape index (κ3) is 4.22. The van der Waals surface area contributed by atoms with Crippen LogP contribution in [0.2, 0.25) is 0 Å². The normalized spacial score (nSPS) is 23.5. The molecule has 4 rings (SSSR count). The third-order valence-corrected chi connectivity index (χ3v) is 5.49. The smallest absolute Gasteiger partial charge is 0.475 e. The zero-order chi connectivity index (χ0) is 21.9. The summed E-state index contributed by atoms with van der Waals surface area (Å²) in [4.78, 5) is 34.6. The minimum Gasteiger partial charge on any atom is -0.475 e. The second-order valence-corrected chi connectivity index (χ2v) is 7.33. The minimum atomic E-state index is -5.08. The molecule has 1 spiro atoms. The van der Waals surface area contributed by atoms with E-state index in [0.717, 1.165) is 19.5 Å². The number of anilines is 1. The number of likely N-dealkylation sites (tertiary alicyclic amines) is 1. The number of carboxylic acid groups (broad SMARTS) is 1. The van der Waals surface area contributed by atoms with Crippen LogP contribution in [0.4, 0.5) is 19.1 Å². The molecule has 3 heterocycles. The Kier molecular flexibility index (Phi) is 5.95. The van der Waals surface area contributed by atoms with Gasteiger partial charge >= 0.3 is 12.1 Å². The number of nitrogens with zero attached hydrogens (tertiary/aromatic N) is 4. The number of carbonyl (C=O) groups excluding carboxylic acids is 1. The maximum Gasteiger partial charge on any atom is 0.490 e. The molecule has 0 aliphatic carbocycles. The Hall–Kier alpha value is -3.17. The molecule has 0 radical (unpaired) electrons. The molecular formula is C20H21F3N4O3. The van der Waals surface area contributed by atoms with E-state index >= 15 is 0 Å². The number of aromatic nitrogens is 2. The topological polar surface area (TPSA) is 86.6 Å². The first-order valence-electron chi connectivity index (χ1n) is 9.28. The lowest BCUT2D eigenvalue weighted by Crippen LogP contribution is -2.38. The minimum absolute atomic E-state index is 0.185. The Bertz CT molecular complexity index is 895. The van der Waals surface area contributed by atoms with Gasteiger partial charge in [0.1, 0.15) is 0 Å². The van der Waals surface area contributed by atoms with Crippen LogP contribution in [0.1, 0.15) is 17.9 Å². The number of halogens is 3. The Morgan fingerprint density at radius 1 is 1.17 bits per heavy atom. The van der Waals surface area contributed by atoms with Crippen molar-refractivity contribution in [3.8, 4) is 0 Å². The molecule has 2 aliphatic heterocycles. The molecule has 2 aromatic rings. The molecule has 2 fully saturated rings. The van der Waals surface area contributed by atoms with Crippen LogP contribution in [0, 0.1) is 5.41 Å². The number of alkyl halides is 3. The number of hydrogen-bond acceptors (Lipinski definition) is 5. The Morgan fingerprint density at radius 3 is 2.27 bits per heavy atom. The van der Waals surface area contributed by atoms with E-state index in [1.54, 1.807) is 12.4 Å². The molecule has 0 bridgehead atoms. The van der Waals surface area contributed by atoms with Crippen LogP contribution < -0.4 is 4.90 Å². The van der Waals surface area contributed by atoms with E-state index in [1.807, 2.05) is 36.2 Å². The summed E-state index contributed by atoms with van der Waals surface area (Å²) in [6.45, 7) is 2.30. The molecule has 0 unspecified atom stereocenters. The predicted octanol–water partition coefficient (Wildman–Crippen LogP) is 2.56. The molecule has 2 saturated heterocycles. The molecule has 1 aromatic carbocycles. The van der Waals surface area contributed by atoms with Gasteiger partial charge in [-0.2, -0.15) is 13.2 Å². The van der Waals surface area contributed by atoms with Gasteiger partial charge in [0.05, 0.1) is 5.41 Å². The summed E-state index contributed by atoms with van der Waals surface area (Å²) in [5.74, 6) is -1.60. The van der Waals surface area contributed by atoms with Gasteiger partial charge in [0.2, 0.25) is 11.9 Å². The van der Waals surface area contributed by atoms with Gasteiger partial charge in [0.25, 0.3) is 0 Å². The molecule has 160 valence electrons. The van der Waals surface area contributed by atoms with Gasteiger partial charge in [-0.15, -0.1) is 0 Å². The number of hydrogen-bond donors (Lipinski definition) is 1. The van der Waals surface area contributed by atoms with E-state index in [-0.39, 0.29) is 17.2 Å². The average molecular weight is 422 g/mol. The lowest BCUT2D eigenvalue weighted by molar-refractivity contribution is -0.192. The molecule has 0 saturated carbocycles. The van der Waals surface area contributed by atoms with E-state index in [0.29, 0.717) is 12.5 Å². The zero-order valence-electron chi connectivity index (χ0n) is 16.2. The Morgan fingerprint density at radius 2 is 1.77 bits per heavy atom. The van der Waals surface area contributed by atoms with E-state index in [4.69, 9.17) is 9.90 Å². The summed E-state index contributed by atoms with van der Waals surface area (Å²) in [5, 5.41) is 7.12. The monoisotopic (exact) mass is 422 g/mol. The number of rotatable bonds is 2. The van der Waals surface area contributed by atoms with Crippen molar-refractivity contribution in [3.05, 3.63) is 54.4 Å². The van der Waals surface area contributed by atoms with Crippen LogP contribution in [0.3, 0.4) is 0 Å². The fraction of sp³-hybridized carbons (Fsp3) is 0.400. The molecule has 2 atom stereocenters. The van der Waals surface area contributed by atoms with E-state index < -0.39 is 12.1 Å². The lowest BCUT2D eigenvalue weighted by Gasteiger charge is -2.28. The van der Waals surface area contributed by atoms with Gasteiger partial charge in [-0.25, -0.2) is 14.8 Å². The van der Waals surface area contributed by atoms with Gasteiger partial charge in [-0.3, -0.25) is 4.79 Å². The zero-order valence-corrected chi connectivity index (χ0v) is 16.2. The van der Waals surface area contributed by atoms with Crippen molar-refractivity contribution < 1.29 is 27.9 Å². The highest BCUT2D eigenvalue weighted by molar-refractivity contribution is 5.87. The maximum atomic E-state index is 12.9. The van der Waals surface area contributed by atoms with E-state index in [2.05, 4.69) is 27.0 Å². The van der Waals surface area contributed by atoms with Crippen LogP contribution in [-0.4, -0.2) is 64.7 Å². The molecule has 1 N–H and O–H groups in total. The number of aliphatic carboxylic acids is 1. The first kappa shape index (κ1) is 21.5. The van der Waals surface area contributed by atoms with Gasteiger partial charge in [-0.1, -0.05) is 30.3 Å². The highest BCUT2D eigenvalue weighted by Crippen LogP contribution is 2.50. The molecule has 1 aromatic heterocycles. The fourth-order valence-electron chi connectivity index (χ4n) is 4.05. The van der Waals surface area contributed by atoms with E-state index in [9.17, 15) is 18.0 Å². The van der Waals surface area contributed by atoms with Crippen LogP contribution in [0.15, 0.2) is 48.8 Å². The number of amides is 1. The molecule has 7 nitrogen and oxygen atoms in total. The van der Waals surface area contributed by atoms with Gasteiger partial charge < -0.3 is 14.9 Å². The molecular weight excluding hydrogens is 401 g/mol. The summed E-state index contributed by atoms with van der Waals surface area (Å²) in [6.07, 6.45) is -0.674. The van der Waals surface area contributed by atoms with Crippen molar-refractivity contribution >= 4 is 17.8 Å². The van der Waals surface area contributed by atoms with Crippen molar-refractivity contribution in [3.63, 3.8) is 0 Å². The summed E-state index contributed by atoms with van der Waals surface area (Å²) < 4.78 is 31.7. The van der Waals surface area contributed by atoms with Crippen LogP contribution in [0.25, 0.3) is 0 Å². The summed E-state index contributed by atoms with van der Waals surface area (Å²) in [5.41, 5.74) is 0.879. The molecule has 2 aliphatic rings. The Balaban J connectivity index is 0.000000318. The summed E-state index contributed by atoms with van der Waals surface area (Å²) in [7, 11) is 1.90. The summed E-state index contributed by atoms with van der Waals surface area (Å²) in [6, 6.07) is 12.2. The maximum absolute atomic E-state index is 12.9. The van der Waals surface area contributed by atoms with Crippen LogP contribution in [-0.2, 0) is 9.59 Å². The second kappa shape index (κ2) is 8.29. The molecule has 30 heavy (non-hydrogen) atoms. The molecule has 10 heteroatoms. The van der Waals surface area contributed by atoms with Gasteiger partial charge in [0.15, 0.2) is 0 Å². The quantitative estimate of drug-likeness (QED) is 0.801. The fourth-order valence-corrected chi connectivity index (χ4v) is 4.05. The average Bonchev–Trinajstić information content (AvgIpc) is 3.25. The number of carbonyl (C=O) groups is 2. The highest BCUT2D eigenvalue weighted by atomic mass is 19.4. The first-order chi connectivity index (χ1) is 14.1. The van der Waals surface area contributed by atoms with Crippen molar-refractivity contribution in [1.29, 1.82) is 0 Å². The Labute approximate surface area is 171 Å². The van der Waals surface area contributed by atoms with Crippen molar-refractivity contribution in [2.75, 3.05) is 31.6 Å². The van der Waals surface area contributed by atoms with E-state index in [1.165, 1.54) is 5.56 Å². The second-order valence-electron chi connectivity index (χ2n) is 7.33. The van der Waals surface area contributed by atoms with Gasteiger partial charge in [0, 0.05) is 45.0 Å². The predicted molar refractivity (Wildman–Crippen MR) is 102 cm³/mol.